The van der Waals surface area contributed by atoms with Crippen LogP contribution in [0.2, 0.25) is 0 Å². The first-order chi connectivity index (χ1) is 13.2. The number of Topliss-reactive ketones (excluding diaryl/α,β-unsaturated/α-hetero) is 1. The van der Waals surface area contributed by atoms with Crippen LogP contribution in [0.4, 0.5) is 0 Å². The van der Waals surface area contributed by atoms with Crippen LogP contribution in [-0.4, -0.2) is 20.8 Å². The van der Waals surface area contributed by atoms with Crippen LogP contribution in [0.25, 0.3) is 0 Å². The topological polar surface area (TPSA) is 72.5 Å². The summed E-state index contributed by atoms with van der Waals surface area (Å²) in [5, 5.41) is -0.481. The zero-order valence-corrected chi connectivity index (χ0v) is 17.7. The summed E-state index contributed by atoms with van der Waals surface area (Å²) in [7, 11) is -4.05. The zero-order valence-electron chi connectivity index (χ0n) is 15.3. The van der Waals surface area contributed by atoms with E-state index in [4.69, 9.17) is 27.9 Å². The second-order valence-corrected chi connectivity index (χ2v) is 8.89. The Balaban J connectivity index is 2.20. The van der Waals surface area contributed by atoms with Crippen LogP contribution in [0.3, 0.4) is 0 Å². The molecule has 0 radical (unpaired) electrons. The number of halogens is 2. The Hall–Kier alpha value is -1.70. The van der Waals surface area contributed by atoms with Crippen molar-refractivity contribution in [3.63, 3.8) is 0 Å². The van der Waals surface area contributed by atoms with Crippen LogP contribution in [0.5, 0.6) is 0 Å². The molecule has 0 bridgehead atoms. The number of rotatable bonds is 6. The predicted octanol–water partition coefficient (Wildman–Crippen LogP) is 4.44. The maximum atomic E-state index is 13.1. The summed E-state index contributed by atoms with van der Waals surface area (Å²) in [6.45, 7) is 3.93. The Morgan fingerprint density at radius 2 is 1.71 bits per heavy atom. The number of carbonyl (C=O) groups is 1. The first-order valence-electron chi connectivity index (χ1n) is 8.67. The highest BCUT2D eigenvalue weighted by Gasteiger charge is 2.48. The predicted molar refractivity (Wildman–Crippen MR) is 109 cm³/mol. The van der Waals surface area contributed by atoms with Gasteiger partial charge in [-0.05, 0) is 25.5 Å². The molecule has 1 aliphatic carbocycles. The van der Waals surface area contributed by atoms with Gasteiger partial charge in [-0.15, -0.1) is 0 Å². The van der Waals surface area contributed by atoms with Crippen molar-refractivity contribution in [3.05, 3.63) is 75.3 Å². The molecular weight excluding hydrogens is 421 g/mol. The van der Waals surface area contributed by atoms with Crippen LogP contribution >= 0.6 is 23.2 Å². The number of carbonyl (C=O) groups excluding carboxylic acids is 1. The van der Waals surface area contributed by atoms with Gasteiger partial charge in [0.15, 0.2) is 5.72 Å². The molecule has 0 fully saturated rings. The lowest BCUT2D eigenvalue weighted by atomic mass is 9.89. The van der Waals surface area contributed by atoms with E-state index >= 15 is 0 Å². The van der Waals surface area contributed by atoms with Gasteiger partial charge in [0, 0.05) is 17.7 Å². The van der Waals surface area contributed by atoms with Gasteiger partial charge in [0.2, 0.25) is 15.8 Å². The molecule has 1 atom stereocenters. The van der Waals surface area contributed by atoms with Crippen molar-refractivity contribution in [3.8, 4) is 0 Å². The van der Waals surface area contributed by atoms with E-state index in [-0.39, 0.29) is 27.1 Å². The van der Waals surface area contributed by atoms with Gasteiger partial charge >= 0.3 is 0 Å². The first-order valence-corrected chi connectivity index (χ1v) is 10.9. The molecule has 0 aromatic heterocycles. The molecule has 1 N–H and O–H groups in total. The second kappa shape index (κ2) is 7.97. The number of ether oxygens (including phenoxy) is 1. The largest absolute Gasteiger partial charge is 0.350 e. The number of allylic oxidation sites excluding steroid dienone is 1. The van der Waals surface area contributed by atoms with Crippen LogP contribution in [0.1, 0.15) is 34.8 Å². The van der Waals surface area contributed by atoms with Crippen LogP contribution in [-0.2, 0) is 20.5 Å². The lowest BCUT2D eigenvalue weighted by molar-refractivity contribution is -0.0264. The summed E-state index contributed by atoms with van der Waals surface area (Å²) >= 11 is 12.6. The Bertz CT molecular complexity index is 1050. The molecule has 148 valence electrons. The van der Waals surface area contributed by atoms with Crippen molar-refractivity contribution in [1.82, 2.24) is 4.72 Å². The summed E-state index contributed by atoms with van der Waals surface area (Å²) in [4.78, 5) is 12.6. The minimum Gasteiger partial charge on any atom is -0.350 e. The third-order valence-electron chi connectivity index (χ3n) is 4.38. The fourth-order valence-corrected chi connectivity index (χ4v) is 4.81. The molecule has 2 aromatic rings. The molecule has 2 aromatic carbocycles. The molecule has 0 saturated carbocycles. The molecule has 0 amide bonds. The number of sulfonamides is 1. The van der Waals surface area contributed by atoms with E-state index < -0.39 is 21.5 Å². The smallest absolute Gasteiger partial charge is 0.243 e. The number of hydrogen-bond acceptors (Lipinski definition) is 4. The van der Waals surface area contributed by atoms with E-state index in [9.17, 15) is 13.2 Å². The average Bonchev–Trinajstić information content (AvgIpc) is 2.69. The van der Waals surface area contributed by atoms with E-state index in [0.717, 1.165) is 5.56 Å². The molecule has 1 aliphatic rings. The van der Waals surface area contributed by atoms with Gasteiger partial charge in [0.1, 0.15) is 5.03 Å². The third-order valence-corrected chi connectivity index (χ3v) is 6.75. The van der Waals surface area contributed by atoms with Gasteiger partial charge in [-0.2, -0.15) is 4.72 Å². The van der Waals surface area contributed by atoms with E-state index in [1.165, 1.54) is 12.1 Å². The van der Waals surface area contributed by atoms with Crippen LogP contribution in [0.15, 0.2) is 63.5 Å². The van der Waals surface area contributed by atoms with Gasteiger partial charge in [0.25, 0.3) is 0 Å². The number of hydrogen-bond donors (Lipinski definition) is 1. The molecule has 3 rings (SSSR count). The van der Waals surface area contributed by atoms with Gasteiger partial charge in [-0.1, -0.05) is 72.1 Å². The molecule has 1 unspecified atom stereocenters. The zero-order chi connectivity index (χ0) is 20.5. The second-order valence-electron chi connectivity index (χ2n) is 6.45. The third kappa shape index (κ3) is 3.63. The summed E-state index contributed by atoms with van der Waals surface area (Å²) < 4.78 is 34.7. The molecule has 8 heteroatoms. The van der Waals surface area contributed by atoms with Crippen molar-refractivity contribution in [2.24, 2.45) is 0 Å². The molecular formula is C20H19Cl2NO4S. The fourth-order valence-electron chi connectivity index (χ4n) is 2.97. The van der Waals surface area contributed by atoms with E-state index in [0.29, 0.717) is 12.0 Å². The Morgan fingerprint density at radius 1 is 1.07 bits per heavy atom. The molecule has 0 heterocycles. The van der Waals surface area contributed by atoms with Crippen molar-refractivity contribution in [2.75, 3.05) is 6.61 Å². The van der Waals surface area contributed by atoms with E-state index in [2.05, 4.69) is 4.72 Å². The SMILES string of the molecule is CCCOC1(NS(=O)(=O)c2ccc(C)cc2)C(Cl)=C(Cl)C(=O)c2ccccc21. The molecule has 0 spiro atoms. The average molecular weight is 440 g/mol. The standard InChI is InChI=1S/C20H19Cl2NO4S/c1-3-12-27-20(23-28(25,26)14-10-8-13(2)9-11-14)16-7-5-4-6-15(16)18(24)17(21)19(20)22/h4-11,23H,3,12H2,1-2H3. The number of benzene rings is 2. The Kier molecular flexibility index (Phi) is 5.98. The van der Waals surface area contributed by atoms with Crippen LogP contribution < -0.4 is 4.72 Å². The van der Waals surface area contributed by atoms with E-state index in [1.807, 2.05) is 13.8 Å². The summed E-state index contributed by atoms with van der Waals surface area (Å²) in [5.41, 5.74) is -0.327. The van der Waals surface area contributed by atoms with Crippen LogP contribution in [0, 0.1) is 6.92 Å². The lowest BCUT2D eigenvalue weighted by Crippen LogP contribution is -2.51. The Labute approximate surface area is 174 Å². The van der Waals surface area contributed by atoms with Crippen molar-refractivity contribution in [1.29, 1.82) is 0 Å². The van der Waals surface area contributed by atoms with E-state index in [1.54, 1.807) is 36.4 Å². The number of ketones is 1. The number of aryl methyl sites for hydroxylation is 1. The monoisotopic (exact) mass is 439 g/mol. The van der Waals surface area contributed by atoms with Crippen molar-refractivity contribution in [2.45, 2.75) is 30.9 Å². The summed E-state index contributed by atoms with van der Waals surface area (Å²) in [6.07, 6.45) is 0.603. The quantitative estimate of drug-likeness (QED) is 0.675. The summed E-state index contributed by atoms with van der Waals surface area (Å²) in [6, 6.07) is 12.9. The van der Waals surface area contributed by atoms with Crippen molar-refractivity contribution >= 4 is 39.0 Å². The minimum absolute atomic E-state index is 0.0487. The number of fused-ring (bicyclic) bond motifs is 1. The highest BCUT2D eigenvalue weighted by atomic mass is 35.5. The normalized spacial score (nSPS) is 19.6. The van der Waals surface area contributed by atoms with Gasteiger partial charge in [0.05, 0.1) is 9.93 Å². The summed E-state index contributed by atoms with van der Waals surface area (Å²) in [5.74, 6) is -0.479. The maximum Gasteiger partial charge on any atom is 0.243 e. The van der Waals surface area contributed by atoms with Gasteiger partial charge in [-0.25, -0.2) is 8.42 Å². The molecule has 0 aliphatic heterocycles. The molecule has 5 nitrogen and oxygen atoms in total. The van der Waals surface area contributed by atoms with Crippen molar-refractivity contribution < 1.29 is 17.9 Å². The first kappa shape index (κ1) is 21.0. The fraction of sp³-hybridized carbons (Fsp3) is 0.250. The lowest BCUT2D eigenvalue weighted by Gasteiger charge is -2.38. The minimum atomic E-state index is -4.05. The molecule has 28 heavy (non-hydrogen) atoms. The number of nitrogens with one attached hydrogen (secondary N) is 1. The van der Waals surface area contributed by atoms with Gasteiger partial charge < -0.3 is 4.74 Å². The molecule has 0 saturated heterocycles. The van der Waals surface area contributed by atoms with Gasteiger partial charge in [-0.3, -0.25) is 4.79 Å². The maximum absolute atomic E-state index is 13.1. The Morgan fingerprint density at radius 3 is 2.36 bits per heavy atom. The highest BCUT2D eigenvalue weighted by molar-refractivity contribution is 7.89. The highest BCUT2D eigenvalue weighted by Crippen LogP contribution is 2.44.